The molecular weight excluding hydrogens is 421 g/mol. The standard InChI is InChI=1S/C22H27F3N4OSi/c1-4-31(5-2,6-3)14-13-18-15-29(27-26-18)20-12-11-17-9-7-8-10-19(17)28(21(20)30)16-22(23,24)25/h7-10,15,20H,4-6,11-12,16H2,1-3H3. The average molecular weight is 449 g/mol. The van der Waals surface area contributed by atoms with Gasteiger partial charge in [0, 0.05) is 5.69 Å². The van der Waals surface area contributed by atoms with Gasteiger partial charge in [-0.15, -0.1) is 10.6 Å². The molecule has 0 fully saturated rings. The van der Waals surface area contributed by atoms with Crippen LogP contribution in [0, 0.1) is 11.5 Å². The van der Waals surface area contributed by atoms with E-state index in [2.05, 4.69) is 42.5 Å². The van der Waals surface area contributed by atoms with Crippen molar-refractivity contribution in [1.82, 2.24) is 15.0 Å². The third-order valence-corrected chi connectivity index (χ3v) is 10.9. The van der Waals surface area contributed by atoms with E-state index in [9.17, 15) is 18.0 Å². The van der Waals surface area contributed by atoms with Gasteiger partial charge < -0.3 is 4.90 Å². The molecule has 5 nitrogen and oxygen atoms in total. The maximum Gasteiger partial charge on any atom is 0.406 e. The number of rotatable bonds is 5. The largest absolute Gasteiger partial charge is 0.406 e. The van der Waals surface area contributed by atoms with E-state index < -0.39 is 32.7 Å². The molecule has 0 radical (unpaired) electrons. The smallest absolute Gasteiger partial charge is 0.301 e. The number of carbonyl (C=O) groups excluding carboxylic acids is 1. The van der Waals surface area contributed by atoms with Crippen LogP contribution in [0.15, 0.2) is 30.5 Å². The van der Waals surface area contributed by atoms with Crippen LogP contribution in [0.25, 0.3) is 0 Å². The molecule has 1 unspecified atom stereocenters. The quantitative estimate of drug-likeness (QED) is 0.490. The van der Waals surface area contributed by atoms with E-state index in [0.29, 0.717) is 29.8 Å². The van der Waals surface area contributed by atoms with Gasteiger partial charge in [0.1, 0.15) is 20.7 Å². The third-order valence-electron chi connectivity index (χ3n) is 6.17. The molecule has 0 aliphatic carbocycles. The number of halogens is 3. The van der Waals surface area contributed by atoms with Crippen LogP contribution >= 0.6 is 0 Å². The first kappa shape index (κ1) is 23.1. The Labute approximate surface area is 181 Å². The van der Waals surface area contributed by atoms with Crippen molar-refractivity contribution in [1.29, 1.82) is 0 Å². The van der Waals surface area contributed by atoms with E-state index >= 15 is 0 Å². The van der Waals surface area contributed by atoms with Gasteiger partial charge >= 0.3 is 6.18 Å². The molecule has 0 saturated heterocycles. The van der Waals surface area contributed by atoms with Crippen LogP contribution in [0.4, 0.5) is 18.9 Å². The summed E-state index contributed by atoms with van der Waals surface area (Å²) in [6.45, 7) is 5.13. The van der Waals surface area contributed by atoms with E-state index in [1.165, 1.54) is 4.68 Å². The highest BCUT2D eigenvalue weighted by Crippen LogP contribution is 2.33. The zero-order valence-electron chi connectivity index (χ0n) is 18.0. The minimum absolute atomic E-state index is 0.303. The predicted octanol–water partition coefficient (Wildman–Crippen LogP) is 4.76. The summed E-state index contributed by atoms with van der Waals surface area (Å²) in [5, 5.41) is 8.13. The van der Waals surface area contributed by atoms with Gasteiger partial charge in [-0.05, 0) is 42.6 Å². The first-order valence-corrected chi connectivity index (χ1v) is 13.2. The second-order valence-electron chi connectivity index (χ2n) is 7.90. The number of hydrogen-bond acceptors (Lipinski definition) is 3. The molecule has 9 heteroatoms. The maximum atomic E-state index is 13.2. The number of aryl methyl sites for hydroxylation is 1. The molecular formula is C22H27F3N4OSi. The van der Waals surface area contributed by atoms with Crippen molar-refractivity contribution in [2.24, 2.45) is 0 Å². The highest BCUT2D eigenvalue weighted by molar-refractivity contribution is 6.87. The number of benzene rings is 1. The Bertz CT molecular complexity index is 980. The molecule has 1 atom stereocenters. The van der Waals surface area contributed by atoms with Crippen molar-refractivity contribution in [3.8, 4) is 11.5 Å². The summed E-state index contributed by atoms with van der Waals surface area (Å²) in [6, 6.07) is 9.02. The molecule has 0 bridgehead atoms. The topological polar surface area (TPSA) is 51.0 Å². The van der Waals surface area contributed by atoms with Crippen LogP contribution in [0.2, 0.25) is 18.1 Å². The van der Waals surface area contributed by atoms with Crippen molar-refractivity contribution in [3.05, 3.63) is 41.7 Å². The zero-order chi connectivity index (χ0) is 22.6. The number of alkyl halides is 3. The molecule has 31 heavy (non-hydrogen) atoms. The number of fused-ring (bicyclic) bond motifs is 1. The van der Waals surface area contributed by atoms with Gasteiger partial charge in [0.05, 0.1) is 6.20 Å². The monoisotopic (exact) mass is 448 g/mol. The Morgan fingerprint density at radius 1 is 1.16 bits per heavy atom. The van der Waals surface area contributed by atoms with Crippen LogP contribution in [0.3, 0.4) is 0 Å². The van der Waals surface area contributed by atoms with Gasteiger partial charge in [0.15, 0.2) is 5.69 Å². The lowest BCUT2D eigenvalue weighted by Gasteiger charge is -2.26. The lowest BCUT2D eigenvalue weighted by Crippen LogP contribution is -2.42. The van der Waals surface area contributed by atoms with Gasteiger partial charge in [0.2, 0.25) is 0 Å². The Hall–Kier alpha value is -2.60. The predicted molar refractivity (Wildman–Crippen MR) is 116 cm³/mol. The number of anilines is 1. The van der Waals surface area contributed by atoms with Crippen molar-refractivity contribution >= 4 is 19.7 Å². The van der Waals surface area contributed by atoms with Gasteiger partial charge in [-0.1, -0.05) is 50.1 Å². The highest BCUT2D eigenvalue weighted by Gasteiger charge is 2.39. The molecule has 1 amide bonds. The highest BCUT2D eigenvalue weighted by atomic mass is 28.3. The summed E-state index contributed by atoms with van der Waals surface area (Å²) in [6.07, 6.45) is -2.11. The van der Waals surface area contributed by atoms with Crippen molar-refractivity contribution in [2.45, 2.75) is 64.0 Å². The molecule has 1 aliphatic rings. The normalized spacial score (nSPS) is 17.0. The van der Waals surface area contributed by atoms with Crippen LogP contribution < -0.4 is 4.90 Å². The summed E-state index contributed by atoms with van der Waals surface area (Å²) in [5.41, 5.74) is 4.89. The molecule has 1 aromatic carbocycles. The van der Waals surface area contributed by atoms with E-state index in [1.807, 2.05) is 0 Å². The van der Waals surface area contributed by atoms with E-state index in [4.69, 9.17) is 0 Å². The molecule has 2 aromatic rings. The van der Waals surface area contributed by atoms with E-state index in [-0.39, 0.29) is 0 Å². The van der Waals surface area contributed by atoms with Gasteiger partial charge in [-0.3, -0.25) is 4.79 Å². The molecule has 1 aromatic heterocycles. The molecule has 0 N–H and O–H groups in total. The van der Waals surface area contributed by atoms with Crippen LogP contribution in [0.1, 0.15) is 44.5 Å². The fraction of sp³-hybridized carbons (Fsp3) is 0.500. The fourth-order valence-corrected chi connectivity index (χ4v) is 6.41. The van der Waals surface area contributed by atoms with E-state index in [0.717, 1.165) is 23.0 Å². The van der Waals surface area contributed by atoms with Crippen LogP contribution in [-0.2, 0) is 11.2 Å². The van der Waals surface area contributed by atoms with Gasteiger partial charge in [-0.25, -0.2) is 4.68 Å². The van der Waals surface area contributed by atoms with Crippen molar-refractivity contribution in [2.75, 3.05) is 11.4 Å². The minimum atomic E-state index is -4.51. The van der Waals surface area contributed by atoms with Crippen LogP contribution in [-0.4, -0.2) is 41.7 Å². The summed E-state index contributed by atoms with van der Waals surface area (Å²) in [4.78, 5) is 14.0. The first-order chi connectivity index (χ1) is 14.7. The van der Waals surface area contributed by atoms with Gasteiger partial charge in [-0.2, -0.15) is 13.2 Å². The maximum absolute atomic E-state index is 13.2. The summed E-state index contributed by atoms with van der Waals surface area (Å²) in [7, 11) is -1.67. The molecule has 3 rings (SSSR count). The summed E-state index contributed by atoms with van der Waals surface area (Å²) >= 11 is 0. The SMILES string of the molecule is CC[Si](C#Cc1cn(C2CCc3ccccc3N(CC(F)(F)F)C2=O)nn1)(CC)CC. The lowest BCUT2D eigenvalue weighted by atomic mass is 10.1. The Morgan fingerprint density at radius 3 is 2.48 bits per heavy atom. The van der Waals surface area contributed by atoms with E-state index in [1.54, 1.807) is 30.5 Å². The first-order valence-electron chi connectivity index (χ1n) is 10.6. The lowest BCUT2D eigenvalue weighted by molar-refractivity contribution is -0.134. The second kappa shape index (κ2) is 9.26. The molecule has 2 heterocycles. The number of nitrogens with zero attached hydrogens (tertiary/aromatic N) is 4. The number of hydrogen-bond donors (Lipinski definition) is 0. The fourth-order valence-electron chi connectivity index (χ4n) is 3.99. The van der Waals surface area contributed by atoms with Gasteiger partial charge in [0.25, 0.3) is 5.91 Å². The zero-order valence-corrected chi connectivity index (χ0v) is 19.0. The third kappa shape index (κ3) is 5.18. The second-order valence-corrected chi connectivity index (χ2v) is 12.8. The Morgan fingerprint density at radius 2 is 1.84 bits per heavy atom. The Balaban J connectivity index is 1.92. The minimum Gasteiger partial charge on any atom is -0.301 e. The summed E-state index contributed by atoms with van der Waals surface area (Å²) < 4.78 is 41.1. The number of amides is 1. The average Bonchev–Trinajstić information content (AvgIpc) is 3.17. The number of para-hydroxylation sites is 1. The number of aromatic nitrogens is 3. The summed E-state index contributed by atoms with van der Waals surface area (Å²) in [5.74, 6) is 2.47. The molecule has 0 saturated carbocycles. The van der Waals surface area contributed by atoms with Crippen molar-refractivity contribution in [3.63, 3.8) is 0 Å². The van der Waals surface area contributed by atoms with Crippen molar-refractivity contribution < 1.29 is 18.0 Å². The molecule has 166 valence electrons. The molecule has 0 spiro atoms. The van der Waals surface area contributed by atoms with Crippen LogP contribution in [0.5, 0.6) is 0 Å². The Kier molecular flexibility index (Phi) is 6.89. The number of carbonyl (C=O) groups is 1. The molecule has 1 aliphatic heterocycles.